The van der Waals surface area contributed by atoms with Crippen LogP contribution in [-0.4, -0.2) is 31.6 Å². The van der Waals surface area contributed by atoms with Gasteiger partial charge in [-0.15, -0.1) is 0 Å². The van der Waals surface area contributed by atoms with Crippen LogP contribution in [0.5, 0.6) is 5.75 Å². The van der Waals surface area contributed by atoms with Crippen molar-refractivity contribution in [3.63, 3.8) is 0 Å². The minimum Gasteiger partial charge on any atom is -0.481 e. The second kappa shape index (κ2) is 7.14. The Morgan fingerprint density at radius 2 is 2.19 bits per heavy atom. The second-order valence-electron chi connectivity index (χ2n) is 6.00. The summed E-state index contributed by atoms with van der Waals surface area (Å²) >= 11 is 5.90. The topological polar surface area (TPSA) is 50.4 Å². The fraction of sp³-hybridized carbons (Fsp3) is 0.562. The lowest BCUT2D eigenvalue weighted by Crippen LogP contribution is -2.45. The number of hydrogen-bond donors (Lipinski definition) is 2. The summed E-state index contributed by atoms with van der Waals surface area (Å²) in [6, 6.07) is 7.08. The van der Waals surface area contributed by atoms with Crippen molar-refractivity contribution in [1.29, 1.82) is 0 Å². The van der Waals surface area contributed by atoms with Crippen molar-refractivity contribution in [2.45, 2.75) is 32.8 Å². The molecular formula is C16H23ClN2O2. The number of piperidine rings is 1. The molecule has 0 bridgehead atoms. The van der Waals surface area contributed by atoms with Gasteiger partial charge in [-0.1, -0.05) is 24.6 Å². The van der Waals surface area contributed by atoms with Crippen molar-refractivity contribution in [2.24, 2.45) is 5.41 Å². The summed E-state index contributed by atoms with van der Waals surface area (Å²) in [6.45, 7) is 6.69. The molecule has 1 heterocycles. The molecule has 21 heavy (non-hydrogen) atoms. The van der Waals surface area contributed by atoms with Crippen LogP contribution in [-0.2, 0) is 4.79 Å². The summed E-state index contributed by atoms with van der Waals surface area (Å²) in [5, 5.41) is 6.94. The van der Waals surface area contributed by atoms with Gasteiger partial charge in [-0.3, -0.25) is 4.79 Å². The maximum Gasteiger partial charge on any atom is 0.260 e. The van der Waals surface area contributed by atoms with Crippen LogP contribution in [0.4, 0.5) is 0 Å². The molecule has 1 atom stereocenters. The van der Waals surface area contributed by atoms with E-state index in [1.807, 2.05) is 0 Å². The number of nitrogens with one attached hydrogen (secondary N) is 2. The molecule has 1 unspecified atom stereocenters. The first-order chi connectivity index (χ1) is 9.98. The molecule has 0 aromatic heterocycles. The molecule has 0 spiro atoms. The molecule has 1 aromatic rings. The highest BCUT2D eigenvalue weighted by molar-refractivity contribution is 6.30. The molecule has 1 saturated heterocycles. The molecule has 5 heteroatoms. The van der Waals surface area contributed by atoms with E-state index in [2.05, 4.69) is 17.6 Å². The first-order valence-corrected chi connectivity index (χ1v) is 7.77. The fourth-order valence-corrected chi connectivity index (χ4v) is 2.63. The third-order valence-electron chi connectivity index (χ3n) is 3.98. The number of carbonyl (C=O) groups is 1. The molecular weight excluding hydrogens is 288 g/mol. The van der Waals surface area contributed by atoms with Crippen LogP contribution >= 0.6 is 11.6 Å². The third kappa shape index (κ3) is 4.90. The molecule has 1 fully saturated rings. The van der Waals surface area contributed by atoms with E-state index in [0.29, 0.717) is 17.3 Å². The third-order valence-corrected chi connectivity index (χ3v) is 4.21. The van der Waals surface area contributed by atoms with Gasteiger partial charge in [0.15, 0.2) is 6.10 Å². The van der Waals surface area contributed by atoms with Crippen molar-refractivity contribution in [2.75, 3.05) is 19.6 Å². The Labute approximate surface area is 131 Å². The van der Waals surface area contributed by atoms with Crippen LogP contribution in [0.15, 0.2) is 24.3 Å². The number of rotatable bonds is 5. The SMILES string of the molecule is CC(Oc1cccc(Cl)c1)C(=O)NCC1(C)CCNCC1. The van der Waals surface area contributed by atoms with Crippen molar-refractivity contribution < 1.29 is 9.53 Å². The molecule has 0 saturated carbocycles. The molecule has 116 valence electrons. The zero-order chi connectivity index (χ0) is 15.3. The van der Waals surface area contributed by atoms with E-state index in [4.69, 9.17) is 16.3 Å². The average Bonchev–Trinajstić information content (AvgIpc) is 2.45. The quantitative estimate of drug-likeness (QED) is 0.879. The van der Waals surface area contributed by atoms with Crippen LogP contribution in [0.2, 0.25) is 5.02 Å². The number of carbonyl (C=O) groups excluding carboxylic acids is 1. The maximum absolute atomic E-state index is 12.1. The van der Waals surface area contributed by atoms with E-state index in [-0.39, 0.29) is 11.3 Å². The van der Waals surface area contributed by atoms with Crippen molar-refractivity contribution in [3.8, 4) is 5.75 Å². The molecule has 1 amide bonds. The van der Waals surface area contributed by atoms with Crippen LogP contribution in [0.3, 0.4) is 0 Å². The Hall–Kier alpha value is -1.26. The minimum absolute atomic E-state index is 0.0882. The molecule has 4 nitrogen and oxygen atoms in total. The van der Waals surface area contributed by atoms with E-state index < -0.39 is 6.10 Å². The molecule has 2 rings (SSSR count). The monoisotopic (exact) mass is 310 g/mol. The molecule has 1 aromatic carbocycles. The lowest BCUT2D eigenvalue weighted by Gasteiger charge is -2.34. The van der Waals surface area contributed by atoms with Gasteiger partial charge in [0, 0.05) is 11.6 Å². The molecule has 0 radical (unpaired) electrons. The summed E-state index contributed by atoms with van der Waals surface area (Å²) < 4.78 is 5.62. The molecule has 0 aliphatic carbocycles. The fourth-order valence-electron chi connectivity index (χ4n) is 2.45. The second-order valence-corrected chi connectivity index (χ2v) is 6.43. The lowest BCUT2D eigenvalue weighted by molar-refractivity contribution is -0.127. The first kappa shape index (κ1) is 16.1. The first-order valence-electron chi connectivity index (χ1n) is 7.39. The van der Waals surface area contributed by atoms with Gasteiger partial charge >= 0.3 is 0 Å². The van der Waals surface area contributed by atoms with Gasteiger partial charge in [-0.05, 0) is 56.5 Å². The van der Waals surface area contributed by atoms with E-state index in [1.54, 1.807) is 31.2 Å². The van der Waals surface area contributed by atoms with E-state index >= 15 is 0 Å². The van der Waals surface area contributed by atoms with Gasteiger partial charge in [0.05, 0.1) is 0 Å². The van der Waals surface area contributed by atoms with Crippen LogP contribution < -0.4 is 15.4 Å². The molecule has 1 aliphatic heterocycles. The largest absolute Gasteiger partial charge is 0.481 e. The summed E-state index contributed by atoms with van der Waals surface area (Å²) in [6.07, 6.45) is 1.63. The zero-order valence-corrected chi connectivity index (χ0v) is 13.4. The Kier molecular flexibility index (Phi) is 5.48. The normalized spacial score (nSPS) is 18.8. The Bertz CT molecular complexity index is 487. The summed E-state index contributed by atoms with van der Waals surface area (Å²) in [4.78, 5) is 12.1. The summed E-state index contributed by atoms with van der Waals surface area (Å²) in [5.41, 5.74) is 0.177. The van der Waals surface area contributed by atoms with Crippen molar-refractivity contribution >= 4 is 17.5 Å². The van der Waals surface area contributed by atoms with Gasteiger partial charge < -0.3 is 15.4 Å². The van der Waals surface area contributed by atoms with E-state index in [1.165, 1.54) is 0 Å². The number of amides is 1. The van der Waals surface area contributed by atoms with Crippen LogP contribution in [0.1, 0.15) is 26.7 Å². The van der Waals surface area contributed by atoms with Gasteiger partial charge in [0.1, 0.15) is 5.75 Å². The lowest BCUT2D eigenvalue weighted by atomic mass is 9.81. The summed E-state index contributed by atoms with van der Waals surface area (Å²) in [7, 11) is 0. The van der Waals surface area contributed by atoms with Crippen LogP contribution in [0.25, 0.3) is 0 Å². The Morgan fingerprint density at radius 3 is 2.86 bits per heavy atom. The van der Waals surface area contributed by atoms with Crippen LogP contribution in [0, 0.1) is 5.41 Å². The molecule has 2 N–H and O–H groups in total. The highest BCUT2D eigenvalue weighted by Crippen LogP contribution is 2.26. The standard InChI is InChI=1S/C16H23ClN2O2/c1-12(21-14-5-3-4-13(17)10-14)15(20)19-11-16(2)6-8-18-9-7-16/h3-5,10,12,18H,6-9,11H2,1-2H3,(H,19,20). The van der Waals surface area contributed by atoms with E-state index in [9.17, 15) is 4.79 Å². The highest BCUT2D eigenvalue weighted by Gasteiger charge is 2.28. The predicted molar refractivity (Wildman–Crippen MR) is 84.8 cm³/mol. The van der Waals surface area contributed by atoms with Gasteiger partial charge in [-0.25, -0.2) is 0 Å². The highest BCUT2D eigenvalue weighted by atomic mass is 35.5. The Balaban J connectivity index is 1.82. The number of hydrogen-bond acceptors (Lipinski definition) is 3. The average molecular weight is 311 g/mol. The molecule has 1 aliphatic rings. The van der Waals surface area contributed by atoms with Gasteiger partial charge in [0.2, 0.25) is 0 Å². The summed E-state index contributed by atoms with van der Waals surface area (Å²) in [5.74, 6) is 0.521. The smallest absolute Gasteiger partial charge is 0.260 e. The maximum atomic E-state index is 12.1. The zero-order valence-electron chi connectivity index (χ0n) is 12.6. The van der Waals surface area contributed by atoms with Crippen molar-refractivity contribution in [3.05, 3.63) is 29.3 Å². The van der Waals surface area contributed by atoms with Gasteiger partial charge in [-0.2, -0.15) is 0 Å². The van der Waals surface area contributed by atoms with Gasteiger partial charge in [0.25, 0.3) is 5.91 Å². The number of benzene rings is 1. The van der Waals surface area contributed by atoms with Crippen molar-refractivity contribution in [1.82, 2.24) is 10.6 Å². The minimum atomic E-state index is -0.534. The number of halogens is 1. The Morgan fingerprint density at radius 1 is 1.48 bits per heavy atom. The number of ether oxygens (including phenoxy) is 1. The predicted octanol–water partition coefficient (Wildman–Crippen LogP) is 2.61. The van der Waals surface area contributed by atoms with E-state index in [0.717, 1.165) is 25.9 Å².